The lowest BCUT2D eigenvalue weighted by Crippen LogP contribution is -1.96. The molecule has 0 saturated heterocycles. The third-order valence-corrected chi connectivity index (χ3v) is 9.42. The highest BCUT2D eigenvalue weighted by atomic mass is 14.7. The maximum absolute atomic E-state index is 10.9. The minimum absolute atomic E-state index is 0.0511. The molecule has 0 fully saturated rings. The van der Waals surface area contributed by atoms with Gasteiger partial charge in [0.25, 0.3) is 0 Å². The molecule has 7 rings (SSSR count). The molecule has 5 aromatic rings. The number of allylic oxidation sites excluding steroid dienone is 6. The molecule has 2 aliphatic rings. The predicted octanol–water partition coefficient (Wildman–Crippen LogP) is 10.9. The second-order valence-electron chi connectivity index (χ2n) is 12.4. The van der Waals surface area contributed by atoms with E-state index in [1.807, 2.05) is 30.3 Å². The van der Waals surface area contributed by atoms with Gasteiger partial charge in [-0.1, -0.05) is 66.7 Å². The van der Waals surface area contributed by atoms with Crippen LogP contribution in [0.2, 0.25) is 0 Å². The lowest BCUT2D eigenvalue weighted by Gasteiger charge is -2.15. The summed E-state index contributed by atoms with van der Waals surface area (Å²) in [5, 5.41) is 50.9. The van der Waals surface area contributed by atoms with Gasteiger partial charge in [-0.2, -0.15) is 26.3 Å². The summed E-state index contributed by atoms with van der Waals surface area (Å²) in [5.41, 5.74) is 6.54. The quantitative estimate of drug-likeness (QED) is 0.135. The molecule has 0 saturated carbocycles. The standard InChI is InChI=1S/C47H17N9/c1-53-34-17-32(18-35(19-34)54-2)40(25-51)44-38-20-36-37(21-39(38)47(56-4)43(44)30-8-6-5-7-9-30)45(42(41(36)26-52)31-12-10-27(22-48)11-13-31)46(55-3)33-15-28(23-49)14-29(16-33)24-50/h5-21H/b44-40-,46-45+. The Labute approximate surface area is 321 Å². The van der Waals surface area contributed by atoms with Gasteiger partial charge in [-0.15, -0.1) is 0 Å². The maximum Gasteiger partial charge on any atom is 0.203 e. The van der Waals surface area contributed by atoms with Gasteiger partial charge in [-0.3, -0.25) is 0 Å². The van der Waals surface area contributed by atoms with Crippen LogP contribution < -0.4 is 0 Å². The fourth-order valence-electron chi connectivity index (χ4n) is 7.11. The van der Waals surface area contributed by atoms with E-state index in [9.17, 15) is 26.3 Å². The van der Waals surface area contributed by atoms with Crippen LogP contribution in [0.15, 0.2) is 103 Å². The Balaban J connectivity index is 1.66. The summed E-state index contributed by atoms with van der Waals surface area (Å²) in [5.74, 6) is 0. The van der Waals surface area contributed by atoms with Crippen molar-refractivity contribution in [2.75, 3.05) is 0 Å². The molecule has 0 heterocycles. The second-order valence-corrected chi connectivity index (χ2v) is 12.4. The van der Waals surface area contributed by atoms with Gasteiger partial charge in [-0.05, 0) is 103 Å². The lowest BCUT2D eigenvalue weighted by atomic mass is 9.87. The number of hydrogen-bond acceptors (Lipinski definition) is 5. The second kappa shape index (κ2) is 14.2. The summed E-state index contributed by atoms with van der Waals surface area (Å²) in [7, 11) is 0. The molecule has 0 unspecified atom stereocenters. The van der Waals surface area contributed by atoms with Gasteiger partial charge in [0, 0.05) is 0 Å². The number of hydrogen-bond donors (Lipinski definition) is 0. The highest BCUT2D eigenvalue weighted by molar-refractivity contribution is 6.33. The largest absolute Gasteiger partial charge is 0.239 e. The van der Waals surface area contributed by atoms with Crippen LogP contribution in [-0.2, 0) is 0 Å². The van der Waals surface area contributed by atoms with Crippen molar-refractivity contribution in [2.24, 2.45) is 0 Å². The zero-order valence-corrected chi connectivity index (χ0v) is 28.8. The van der Waals surface area contributed by atoms with Crippen LogP contribution in [0.1, 0.15) is 61.2 Å². The van der Waals surface area contributed by atoms with Crippen molar-refractivity contribution in [1.29, 1.82) is 26.3 Å². The predicted molar refractivity (Wildman–Crippen MR) is 211 cm³/mol. The third-order valence-electron chi connectivity index (χ3n) is 9.42. The Bertz CT molecular complexity index is 3080. The fraction of sp³-hybridized carbons (Fsp3) is 0. The molecule has 9 nitrogen and oxygen atoms in total. The van der Waals surface area contributed by atoms with Crippen LogP contribution in [-0.4, -0.2) is 0 Å². The molecule has 0 bridgehead atoms. The van der Waals surface area contributed by atoms with Gasteiger partial charge in [0.15, 0.2) is 11.4 Å². The number of nitriles is 5. The molecular formula is C47H17N9. The number of rotatable bonds is 4. The Morgan fingerprint density at radius 2 is 1.07 bits per heavy atom. The van der Waals surface area contributed by atoms with Crippen molar-refractivity contribution in [1.82, 2.24) is 0 Å². The first-order valence-electron chi connectivity index (χ1n) is 16.5. The van der Waals surface area contributed by atoms with Crippen LogP contribution in [0, 0.1) is 82.9 Å². The summed E-state index contributed by atoms with van der Waals surface area (Å²) >= 11 is 0. The van der Waals surface area contributed by atoms with Crippen molar-refractivity contribution >= 4 is 56.2 Å². The van der Waals surface area contributed by atoms with Crippen LogP contribution in [0.5, 0.6) is 0 Å². The van der Waals surface area contributed by atoms with Gasteiger partial charge >= 0.3 is 0 Å². The maximum atomic E-state index is 10.9. The van der Waals surface area contributed by atoms with Gasteiger partial charge in [0.05, 0.1) is 72.3 Å². The Kier molecular flexibility index (Phi) is 8.87. The molecule has 2 aliphatic carbocycles. The number of benzene rings is 5. The highest BCUT2D eigenvalue weighted by Crippen LogP contribution is 2.56. The van der Waals surface area contributed by atoms with Crippen molar-refractivity contribution in [2.45, 2.75) is 0 Å². The van der Waals surface area contributed by atoms with Crippen molar-refractivity contribution < 1.29 is 0 Å². The molecule has 0 amide bonds. The molecule has 5 aromatic carbocycles. The van der Waals surface area contributed by atoms with Gasteiger partial charge in [0.2, 0.25) is 11.4 Å². The normalized spacial score (nSPS) is 13.8. The zero-order chi connectivity index (χ0) is 39.5. The Morgan fingerprint density at radius 3 is 1.61 bits per heavy atom. The van der Waals surface area contributed by atoms with Crippen LogP contribution in [0.25, 0.3) is 64.2 Å². The topological polar surface area (TPSA) is 136 Å². The van der Waals surface area contributed by atoms with E-state index in [4.69, 9.17) is 26.3 Å². The van der Waals surface area contributed by atoms with Gasteiger partial charge in [0.1, 0.15) is 12.1 Å². The lowest BCUT2D eigenvalue weighted by molar-refractivity contribution is 1.43. The van der Waals surface area contributed by atoms with Crippen molar-refractivity contribution in [3.8, 4) is 30.3 Å². The van der Waals surface area contributed by atoms with E-state index in [0.717, 1.165) is 0 Å². The molecule has 0 spiro atoms. The van der Waals surface area contributed by atoms with Crippen LogP contribution in [0.3, 0.4) is 0 Å². The highest BCUT2D eigenvalue weighted by Gasteiger charge is 2.37. The van der Waals surface area contributed by atoms with E-state index in [0.29, 0.717) is 66.8 Å². The minimum Gasteiger partial charge on any atom is -0.239 e. The van der Waals surface area contributed by atoms with Crippen molar-refractivity contribution in [3.63, 3.8) is 0 Å². The smallest absolute Gasteiger partial charge is 0.203 e. The average molecular weight is 708 g/mol. The summed E-state index contributed by atoms with van der Waals surface area (Å²) in [6.45, 7) is 32.2. The molecule has 56 heavy (non-hydrogen) atoms. The van der Waals surface area contributed by atoms with E-state index in [1.165, 1.54) is 36.4 Å². The summed E-state index contributed by atoms with van der Waals surface area (Å²) in [6.07, 6.45) is 0. The molecule has 9 heteroatoms. The molecule has 0 N–H and O–H groups in total. The van der Waals surface area contributed by atoms with E-state index >= 15 is 0 Å². The number of fused-ring (bicyclic) bond motifs is 2. The molecule has 0 radical (unpaired) electrons. The Morgan fingerprint density at radius 1 is 0.482 bits per heavy atom. The monoisotopic (exact) mass is 707 g/mol. The molecule has 0 aromatic heterocycles. The molecule has 250 valence electrons. The number of nitrogens with zero attached hydrogens (tertiary/aromatic N) is 9. The van der Waals surface area contributed by atoms with Gasteiger partial charge in [-0.25, -0.2) is 19.4 Å². The van der Waals surface area contributed by atoms with E-state index < -0.39 is 0 Å². The zero-order valence-electron chi connectivity index (χ0n) is 28.8. The van der Waals surface area contributed by atoms with Crippen molar-refractivity contribution in [3.05, 3.63) is 210 Å². The summed E-state index contributed by atoms with van der Waals surface area (Å²) in [6, 6.07) is 38.8. The molecule has 0 atom stereocenters. The van der Waals surface area contributed by atoms with Crippen LogP contribution >= 0.6 is 0 Å². The summed E-state index contributed by atoms with van der Waals surface area (Å²) < 4.78 is 0. The molecular weight excluding hydrogens is 691 g/mol. The minimum atomic E-state index is 0.0511. The van der Waals surface area contributed by atoms with Gasteiger partial charge < -0.3 is 0 Å². The average Bonchev–Trinajstić information content (AvgIpc) is 3.74. The first kappa shape index (κ1) is 34.9. The fourth-order valence-corrected chi connectivity index (χ4v) is 7.11. The first-order chi connectivity index (χ1) is 27.4. The van der Waals surface area contributed by atoms with E-state index in [1.54, 1.807) is 48.5 Å². The first-order valence-corrected chi connectivity index (χ1v) is 16.5. The van der Waals surface area contributed by atoms with E-state index in [-0.39, 0.29) is 50.6 Å². The third kappa shape index (κ3) is 5.60. The molecule has 0 aliphatic heterocycles. The van der Waals surface area contributed by atoms with E-state index in [2.05, 4.69) is 37.6 Å². The van der Waals surface area contributed by atoms with Crippen LogP contribution in [0.4, 0.5) is 11.4 Å². The SMILES string of the molecule is [C-]#[N+]C1=C(c2ccccc2)/C(=C(/C#N)c2cc([N+]#[C-])cc([N+]#[C-])c2)c2cc3c(cc21)/C(=C(\[N+]#[C-])c1cc(C#N)cc(C#N)c1)C(c1ccc(C#N)cc1)=C3C#N. The summed E-state index contributed by atoms with van der Waals surface area (Å²) in [4.78, 5) is 15.0. The Hall–Kier alpha value is -9.53.